The van der Waals surface area contributed by atoms with Gasteiger partial charge in [0.15, 0.2) is 5.69 Å². The van der Waals surface area contributed by atoms with E-state index in [1.54, 1.807) is 13.8 Å². The summed E-state index contributed by atoms with van der Waals surface area (Å²) in [5, 5.41) is 41.6. The van der Waals surface area contributed by atoms with Crippen LogP contribution in [-0.4, -0.2) is 67.8 Å². The molecule has 11 heteroatoms. The number of nitrogens with zero attached hydrogens (tertiary/aromatic N) is 2. The van der Waals surface area contributed by atoms with Crippen molar-refractivity contribution in [1.82, 2.24) is 9.97 Å². The van der Waals surface area contributed by atoms with Gasteiger partial charge in [0.25, 0.3) is 0 Å². The highest BCUT2D eigenvalue weighted by molar-refractivity contribution is 5.94. The first kappa shape index (κ1) is 28.8. The van der Waals surface area contributed by atoms with E-state index in [0.717, 1.165) is 11.1 Å². The number of hydrogen-bond donors (Lipinski definition) is 5. The van der Waals surface area contributed by atoms with Gasteiger partial charge in [-0.2, -0.15) is 9.97 Å². The number of hydrogen-bond acceptors (Lipinski definition) is 10. The zero-order valence-electron chi connectivity index (χ0n) is 21.2. The summed E-state index contributed by atoms with van der Waals surface area (Å²) in [4.78, 5) is 21.2. The van der Waals surface area contributed by atoms with E-state index in [2.05, 4.69) is 15.3 Å². The van der Waals surface area contributed by atoms with Crippen molar-refractivity contribution in [2.24, 2.45) is 5.92 Å². The smallest absolute Gasteiger partial charge is 0.323 e. The molecular weight excluding hydrogens is 494 g/mol. The third-order valence-electron chi connectivity index (χ3n) is 5.39. The standard InChI is InChI=1S/C27H33N3O8/c1-17(2)24(35)28-22-25(36-14-18-9-5-3-6-10-18)29-27(38-15-19-11-7-4-8-12-19)30-26(22)37-16-21(33)23(34)20(32)13-31/h3-12,17,20-21,23,31-34H,13-16H2,1-2H3,(H,28,35)/t20-,21+,23-/m1/s1. The summed E-state index contributed by atoms with van der Waals surface area (Å²) in [6, 6.07) is 18.5. The van der Waals surface area contributed by atoms with E-state index < -0.39 is 37.4 Å². The molecule has 0 fully saturated rings. The van der Waals surface area contributed by atoms with Crippen molar-refractivity contribution in [2.75, 3.05) is 18.5 Å². The lowest BCUT2D eigenvalue weighted by Gasteiger charge is -2.22. The van der Waals surface area contributed by atoms with Gasteiger partial charge in [-0.1, -0.05) is 74.5 Å². The molecule has 0 aliphatic heterocycles. The zero-order chi connectivity index (χ0) is 27.5. The number of nitrogens with one attached hydrogen (secondary N) is 1. The number of carbonyl (C=O) groups is 1. The number of aliphatic hydroxyl groups excluding tert-OH is 4. The summed E-state index contributed by atoms with van der Waals surface area (Å²) >= 11 is 0. The molecule has 11 nitrogen and oxygen atoms in total. The van der Waals surface area contributed by atoms with Crippen LogP contribution in [0, 0.1) is 5.92 Å². The number of carbonyl (C=O) groups excluding carboxylic acids is 1. The highest BCUT2D eigenvalue weighted by atomic mass is 16.5. The van der Waals surface area contributed by atoms with E-state index in [1.165, 1.54) is 0 Å². The number of aromatic nitrogens is 2. The number of ether oxygens (including phenoxy) is 3. The Balaban J connectivity index is 1.94. The number of aliphatic hydroxyl groups is 4. The molecule has 0 radical (unpaired) electrons. The Morgan fingerprint density at radius 3 is 1.87 bits per heavy atom. The first-order valence-corrected chi connectivity index (χ1v) is 12.1. The fraction of sp³-hybridized carbons (Fsp3) is 0.370. The van der Waals surface area contributed by atoms with Crippen LogP contribution in [0.2, 0.25) is 0 Å². The van der Waals surface area contributed by atoms with Crippen LogP contribution in [0.25, 0.3) is 0 Å². The van der Waals surface area contributed by atoms with Crippen molar-refractivity contribution in [3.63, 3.8) is 0 Å². The first-order chi connectivity index (χ1) is 18.3. The van der Waals surface area contributed by atoms with Crippen LogP contribution in [0.1, 0.15) is 25.0 Å². The molecule has 1 heterocycles. The molecule has 3 aromatic rings. The fourth-order valence-electron chi connectivity index (χ4n) is 3.13. The SMILES string of the molecule is CC(C)C(=O)Nc1c(OCc2ccccc2)nc(OCc2ccccc2)nc1OC[C@H](O)[C@H](O)[C@H](O)CO. The molecule has 38 heavy (non-hydrogen) atoms. The molecular formula is C27H33N3O8. The Labute approximate surface area is 220 Å². The first-order valence-electron chi connectivity index (χ1n) is 12.1. The molecule has 0 saturated heterocycles. The minimum absolute atomic E-state index is 0.0103. The third-order valence-corrected chi connectivity index (χ3v) is 5.39. The van der Waals surface area contributed by atoms with Gasteiger partial charge < -0.3 is 40.0 Å². The minimum atomic E-state index is -1.68. The monoisotopic (exact) mass is 527 g/mol. The Hall–Kier alpha value is -3.77. The third kappa shape index (κ3) is 8.38. The van der Waals surface area contributed by atoms with Crippen LogP contribution >= 0.6 is 0 Å². The summed E-state index contributed by atoms with van der Waals surface area (Å²) in [7, 11) is 0. The maximum atomic E-state index is 12.6. The number of rotatable bonds is 14. The lowest BCUT2D eigenvalue weighted by molar-refractivity contribution is -0.118. The molecule has 0 aliphatic rings. The van der Waals surface area contributed by atoms with Crippen molar-refractivity contribution in [2.45, 2.75) is 45.4 Å². The van der Waals surface area contributed by atoms with Gasteiger partial charge in [0.05, 0.1) is 6.61 Å². The van der Waals surface area contributed by atoms with Crippen LogP contribution in [0.3, 0.4) is 0 Å². The molecule has 3 rings (SSSR count). The summed E-state index contributed by atoms with van der Waals surface area (Å²) in [5.74, 6) is -0.964. The molecule has 1 amide bonds. The molecule has 0 spiro atoms. The number of amides is 1. The van der Waals surface area contributed by atoms with Crippen LogP contribution in [-0.2, 0) is 18.0 Å². The number of benzene rings is 2. The quantitative estimate of drug-likeness (QED) is 0.208. The Kier molecular flexibility index (Phi) is 10.8. The van der Waals surface area contributed by atoms with E-state index >= 15 is 0 Å². The van der Waals surface area contributed by atoms with Gasteiger partial charge in [-0.25, -0.2) is 0 Å². The second-order valence-corrected chi connectivity index (χ2v) is 8.80. The van der Waals surface area contributed by atoms with Gasteiger partial charge in [0, 0.05) is 5.92 Å². The van der Waals surface area contributed by atoms with Crippen molar-refractivity contribution >= 4 is 11.6 Å². The van der Waals surface area contributed by atoms with Gasteiger partial charge in [0.1, 0.15) is 38.1 Å². The van der Waals surface area contributed by atoms with E-state index in [1.807, 2.05) is 60.7 Å². The summed E-state index contributed by atoms with van der Waals surface area (Å²) in [6.07, 6.45) is -4.84. The van der Waals surface area contributed by atoms with Crippen LogP contribution in [0.15, 0.2) is 60.7 Å². The number of anilines is 1. The Morgan fingerprint density at radius 2 is 1.34 bits per heavy atom. The lowest BCUT2D eigenvalue weighted by Crippen LogP contribution is -2.42. The van der Waals surface area contributed by atoms with Gasteiger partial charge >= 0.3 is 6.01 Å². The topological polar surface area (TPSA) is 163 Å². The Morgan fingerprint density at radius 1 is 0.816 bits per heavy atom. The fourth-order valence-corrected chi connectivity index (χ4v) is 3.13. The lowest BCUT2D eigenvalue weighted by atomic mass is 10.1. The van der Waals surface area contributed by atoms with E-state index in [4.69, 9.17) is 19.3 Å². The molecule has 2 aromatic carbocycles. The van der Waals surface area contributed by atoms with Gasteiger partial charge in [-0.15, -0.1) is 0 Å². The average molecular weight is 528 g/mol. The minimum Gasteiger partial charge on any atom is -0.473 e. The largest absolute Gasteiger partial charge is 0.473 e. The second kappa shape index (κ2) is 14.2. The van der Waals surface area contributed by atoms with E-state index in [9.17, 15) is 20.1 Å². The van der Waals surface area contributed by atoms with Crippen molar-refractivity contribution in [3.8, 4) is 17.8 Å². The van der Waals surface area contributed by atoms with Gasteiger partial charge in [0.2, 0.25) is 17.7 Å². The predicted octanol–water partition coefficient (Wildman–Crippen LogP) is 1.68. The maximum absolute atomic E-state index is 12.6. The van der Waals surface area contributed by atoms with Gasteiger partial charge in [-0.05, 0) is 11.1 Å². The molecule has 0 unspecified atom stereocenters. The van der Waals surface area contributed by atoms with Crippen molar-refractivity contribution in [3.05, 3.63) is 71.8 Å². The molecule has 5 N–H and O–H groups in total. The summed E-state index contributed by atoms with van der Waals surface area (Å²) in [6.45, 7) is 2.38. The summed E-state index contributed by atoms with van der Waals surface area (Å²) < 4.78 is 17.4. The molecule has 0 saturated carbocycles. The van der Waals surface area contributed by atoms with Crippen molar-refractivity contribution in [1.29, 1.82) is 0 Å². The normalized spacial score (nSPS) is 13.4. The molecule has 0 aliphatic carbocycles. The average Bonchev–Trinajstić information content (AvgIpc) is 2.94. The van der Waals surface area contributed by atoms with Crippen LogP contribution < -0.4 is 19.5 Å². The van der Waals surface area contributed by atoms with Crippen LogP contribution in [0.5, 0.6) is 17.8 Å². The van der Waals surface area contributed by atoms with Crippen LogP contribution in [0.4, 0.5) is 5.69 Å². The maximum Gasteiger partial charge on any atom is 0.323 e. The summed E-state index contributed by atoms with van der Waals surface area (Å²) in [5.41, 5.74) is 1.72. The van der Waals surface area contributed by atoms with E-state index in [0.29, 0.717) is 0 Å². The molecule has 1 aromatic heterocycles. The Bertz CT molecular complexity index is 1150. The van der Waals surface area contributed by atoms with E-state index in [-0.39, 0.29) is 42.6 Å². The predicted molar refractivity (Wildman–Crippen MR) is 138 cm³/mol. The molecule has 3 atom stereocenters. The highest BCUT2D eigenvalue weighted by Gasteiger charge is 2.27. The second-order valence-electron chi connectivity index (χ2n) is 8.80. The van der Waals surface area contributed by atoms with Crippen molar-refractivity contribution < 1.29 is 39.4 Å². The zero-order valence-corrected chi connectivity index (χ0v) is 21.2. The molecule has 204 valence electrons. The van der Waals surface area contributed by atoms with Gasteiger partial charge in [-0.3, -0.25) is 4.79 Å². The molecule has 0 bridgehead atoms. The highest BCUT2D eigenvalue weighted by Crippen LogP contribution is 2.35.